The maximum absolute atomic E-state index is 12.4. The summed E-state index contributed by atoms with van der Waals surface area (Å²) in [5.41, 5.74) is 1.72. The van der Waals surface area contributed by atoms with Crippen LogP contribution in [0.15, 0.2) is 11.6 Å². The standard InChI is InChI=1S/C25H40F2O2/c1-2-3-4-5-18-6-8-19(9-7-18)20-10-12-21(13-11-20)22-14-16-23(17-15-22)29-25(28)24(26)27/h6,19-24H,2-5,7-17H2,1H3. The number of rotatable bonds is 8. The van der Waals surface area contributed by atoms with Crippen molar-refractivity contribution >= 4 is 5.97 Å². The van der Waals surface area contributed by atoms with Crippen molar-refractivity contribution in [2.75, 3.05) is 0 Å². The largest absolute Gasteiger partial charge is 0.458 e. The van der Waals surface area contributed by atoms with Crippen molar-refractivity contribution in [3.8, 4) is 0 Å². The number of esters is 1. The fourth-order valence-corrected chi connectivity index (χ4v) is 6.15. The molecular weight excluding hydrogens is 370 g/mol. The maximum Gasteiger partial charge on any atom is 0.374 e. The summed E-state index contributed by atoms with van der Waals surface area (Å²) in [7, 11) is 0. The summed E-state index contributed by atoms with van der Waals surface area (Å²) in [6, 6.07) is 0. The molecule has 1 unspecified atom stereocenters. The van der Waals surface area contributed by atoms with Gasteiger partial charge in [0, 0.05) is 0 Å². The van der Waals surface area contributed by atoms with Crippen LogP contribution in [-0.2, 0) is 9.53 Å². The number of ether oxygens (including phenoxy) is 1. The molecule has 0 saturated heterocycles. The number of alkyl halides is 2. The molecular formula is C25H40F2O2. The summed E-state index contributed by atoms with van der Waals surface area (Å²) in [5, 5.41) is 0. The molecule has 0 bridgehead atoms. The normalized spacial score (nSPS) is 33.4. The smallest absolute Gasteiger partial charge is 0.374 e. The summed E-state index contributed by atoms with van der Waals surface area (Å²) >= 11 is 0. The average molecular weight is 411 g/mol. The van der Waals surface area contributed by atoms with Gasteiger partial charge in [0.1, 0.15) is 6.10 Å². The number of carbonyl (C=O) groups excluding carboxylic acids is 1. The van der Waals surface area contributed by atoms with Crippen LogP contribution in [0.4, 0.5) is 8.78 Å². The molecule has 0 N–H and O–H groups in total. The van der Waals surface area contributed by atoms with E-state index < -0.39 is 12.4 Å². The zero-order chi connectivity index (χ0) is 20.6. The predicted octanol–water partition coefficient (Wildman–Crippen LogP) is 7.47. The molecule has 0 aromatic rings. The van der Waals surface area contributed by atoms with Crippen LogP contribution in [0.3, 0.4) is 0 Å². The van der Waals surface area contributed by atoms with Gasteiger partial charge < -0.3 is 4.74 Å². The minimum absolute atomic E-state index is 0.287. The minimum atomic E-state index is -3.00. The first-order valence-corrected chi connectivity index (χ1v) is 12.2. The lowest BCUT2D eigenvalue weighted by Crippen LogP contribution is -2.32. The van der Waals surface area contributed by atoms with E-state index in [4.69, 9.17) is 4.74 Å². The van der Waals surface area contributed by atoms with Gasteiger partial charge in [-0.2, -0.15) is 8.78 Å². The highest BCUT2D eigenvalue weighted by atomic mass is 19.3. The highest BCUT2D eigenvalue weighted by Crippen LogP contribution is 2.45. The molecule has 0 amide bonds. The van der Waals surface area contributed by atoms with Crippen molar-refractivity contribution in [2.45, 2.75) is 116 Å². The lowest BCUT2D eigenvalue weighted by Gasteiger charge is -2.40. The first kappa shape index (κ1) is 22.7. The van der Waals surface area contributed by atoms with Crippen LogP contribution in [0.2, 0.25) is 0 Å². The predicted molar refractivity (Wildman–Crippen MR) is 113 cm³/mol. The lowest BCUT2D eigenvalue weighted by molar-refractivity contribution is -0.164. The van der Waals surface area contributed by atoms with Crippen LogP contribution < -0.4 is 0 Å². The molecule has 0 heterocycles. The number of unbranched alkanes of at least 4 members (excludes halogenated alkanes) is 2. The summed E-state index contributed by atoms with van der Waals surface area (Å²) in [4.78, 5) is 11.1. The monoisotopic (exact) mass is 410 g/mol. The Labute approximate surface area is 175 Å². The van der Waals surface area contributed by atoms with Crippen LogP contribution in [-0.4, -0.2) is 18.5 Å². The van der Waals surface area contributed by atoms with Crippen molar-refractivity contribution in [3.05, 3.63) is 11.6 Å². The molecule has 0 aromatic heterocycles. The van der Waals surface area contributed by atoms with E-state index in [-0.39, 0.29) is 6.10 Å². The van der Waals surface area contributed by atoms with Gasteiger partial charge in [0.05, 0.1) is 0 Å². The zero-order valence-electron chi connectivity index (χ0n) is 18.2. The third-order valence-corrected chi connectivity index (χ3v) is 7.98. The van der Waals surface area contributed by atoms with E-state index >= 15 is 0 Å². The molecule has 3 aliphatic carbocycles. The van der Waals surface area contributed by atoms with Gasteiger partial charge in [-0.1, -0.05) is 31.4 Å². The molecule has 1 atom stereocenters. The molecule has 29 heavy (non-hydrogen) atoms. The van der Waals surface area contributed by atoms with Gasteiger partial charge in [-0.3, -0.25) is 0 Å². The van der Waals surface area contributed by atoms with Crippen LogP contribution >= 0.6 is 0 Å². The third kappa shape index (κ3) is 6.79. The van der Waals surface area contributed by atoms with E-state index in [0.29, 0.717) is 5.92 Å². The van der Waals surface area contributed by atoms with Gasteiger partial charge in [0.25, 0.3) is 0 Å². The Morgan fingerprint density at radius 3 is 2.03 bits per heavy atom. The molecule has 3 rings (SSSR count). The van der Waals surface area contributed by atoms with Gasteiger partial charge in [0.15, 0.2) is 0 Å². The quantitative estimate of drug-likeness (QED) is 0.236. The Bertz CT molecular complexity index is 529. The van der Waals surface area contributed by atoms with Crippen LogP contribution in [0.5, 0.6) is 0 Å². The fourth-order valence-electron chi connectivity index (χ4n) is 6.15. The Kier molecular flexibility index (Phi) is 8.99. The molecule has 2 fully saturated rings. The number of carbonyl (C=O) groups is 1. The van der Waals surface area contributed by atoms with E-state index in [2.05, 4.69) is 13.0 Å². The van der Waals surface area contributed by atoms with E-state index in [1.165, 1.54) is 70.6 Å². The van der Waals surface area contributed by atoms with Gasteiger partial charge >= 0.3 is 12.4 Å². The molecule has 2 nitrogen and oxygen atoms in total. The van der Waals surface area contributed by atoms with Crippen molar-refractivity contribution in [2.24, 2.45) is 23.7 Å². The van der Waals surface area contributed by atoms with Gasteiger partial charge in [-0.15, -0.1) is 0 Å². The highest BCUT2D eigenvalue weighted by molar-refractivity contribution is 5.72. The number of hydrogen-bond acceptors (Lipinski definition) is 2. The van der Waals surface area contributed by atoms with Crippen LogP contribution in [0.25, 0.3) is 0 Å². The van der Waals surface area contributed by atoms with Gasteiger partial charge in [0.2, 0.25) is 0 Å². The zero-order valence-corrected chi connectivity index (χ0v) is 18.2. The van der Waals surface area contributed by atoms with E-state index in [1.807, 2.05) is 0 Å². The molecule has 0 aliphatic heterocycles. The van der Waals surface area contributed by atoms with E-state index in [0.717, 1.165) is 43.4 Å². The molecule has 2 saturated carbocycles. The summed E-state index contributed by atoms with van der Waals surface area (Å²) in [6.07, 6.45) is 17.7. The SMILES string of the molecule is CCCCCC1=CCC(C2CCC(C3CCC(OC(=O)C(F)F)CC3)CC2)CC1. The minimum Gasteiger partial charge on any atom is -0.458 e. The molecule has 4 heteroatoms. The van der Waals surface area contributed by atoms with Gasteiger partial charge in [-0.25, -0.2) is 4.79 Å². The summed E-state index contributed by atoms with van der Waals surface area (Å²) in [5.74, 6) is 1.96. The first-order chi connectivity index (χ1) is 14.1. The molecule has 0 spiro atoms. The average Bonchev–Trinajstić information content (AvgIpc) is 2.75. The van der Waals surface area contributed by atoms with Crippen molar-refractivity contribution < 1.29 is 18.3 Å². The maximum atomic E-state index is 12.4. The number of allylic oxidation sites excluding steroid dienone is 2. The third-order valence-electron chi connectivity index (χ3n) is 7.98. The Morgan fingerprint density at radius 1 is 0.931 bits per heavy atom. The Morgan fingerprint density at radius 2 is 1.52 bits per heavy atom. The molecule has 0 radical (unpaired) electrons. The summed E-state index contributed by atoms with van der Waals surface area (Å²) in [6.45, 7) is 2.27. The fraction of sp³-hybridized carbons (Fsp3) is 0.880. The first-order valence-electron chi connectivity index (χ1n) is 12.2. The molecule has 3 aliphatic rings. The topological polar surface area (TPSA) is 26.3 Å². The lowest BCUT2D eigenvalue weighted by atomic mass is 9.66. The molecule has 166 valence electrons. The second-order valence-corrected chi connectivity index (χ2v) is 9.80. The van der Waals surface area contributed by atoms with Crippen molar-refractivity contribution in [3.63, 3.8) is 0 Å². The van der Waals surface area contributed by atoms with Crippen LogP contribution in [0.1, 0.15) is 103 Å². The van der Waals surface area contributed by atoms with Crippen molar-refractivity contribution in [1.82, 2.24) is 0 Å². The van der Waals surface area contributed by atoms with Crippen LogP contribution in [0, 0.1) is 23.7 Å². The number of hydrogen-bond donors (Lipinski definition) is 0. The van der Waals surface area contributed by atoms with E-state index in [9.17, 15) is 13.6 Å². The molecule has 0 aromatic carbocycles. The second kappa shape index (κ2) is 11.5. The van der Waals surface area contributed by atoms with Crippen molar-refractivity contribution in [1.29, 1.82) is 0 Å². The van der Waals surface area contributed by atoms with Gasteiger partial charge in [-0.05, 0) is 107 Å². The second-order valence-electron chi connectivity index (χ2n) is 9.80. The number of halogens is 2. The Hall–Kier alpha value is -0.930. The highest BCUT2D eigenvalue weighted by Gasteiger charge is 2.34. The Balaban J connectivity index is 1.34. The summed E-state index contributed by atoms with van der Waals surface area (Å²) < 4.78 is 29.6. The van der Waals surface area contributed by atoms with E-state index in [1.54, 1.807) is 5.57 Å².